The number of allylic oxidation sites excluding steroid dienone is 2. The van der Waals surface area contributed by atoms with Gasteiger partial charge in [0.25, 0.3) is 0 Å². The van der Waals surface area contributed by atoms with E-state index < -0.39 is 0 Å². The van der Waals surface area contributed by atoms with E-state index in [2.05, 4.69) is 12.2 Å². The van der Waals surface area contributed by atoms with E-state index in [0.717, 1.165) is 23.2 Å². The van der Waals surface area contributed by atoms with Crippen molar-refractivity contribution in [1.29, 1.82) is 0 Å². The minimum atomic E-state index is -0.218. The second kappa shape index (κ2) is 5.54. The van der Waals surface area contributed by atoms with E-state index in [1.54, 1.807) is 0 Å². The van der Waals surface area contributed by atoms with Crippen LogP contribution in [0.4, 0.5) is 5.69 Å². The summed E-state index contributed by atoms with van der Waals surface area (Å²) in [7, 11) is 0. The third kappa shape index (κ3) is 2.27. The van der Waals surface area contributed by atoms with Crippen LogP contribution in [0.2, 0.25) is 0 Å². The summed E-state index contributed by atoms with van der Waals surface area (Å²) in [4.78, 5) is 41.5. The monoisotopic (exact) mass is 364 g/mol. The quantitative estimate of drug-likeness (QED) is 0.612. The van der Waals surface area contributed by atoms with Crippen LogP contribution in [0, 0.1) is 49.4 Å². The van der Waals surface area contributed by atoms with Crippen LogP contribution >= 0.6 is 0 Å². The summed E-state index contributed by atoms with van der Waals surface area (Å²) in [6, 6.07) is 5.78. The highest BCUT2D eigenvalue weighted by molar-refractivity contribution is 6.07. The Morgan fingerprint density at radius 1 is 1.04 bits per heavy atom. The van der Waals surface area contributed by atoms with Crippen molar-refractivity contribution < 1.29 is 14.4 Å². The van der Waals surface area contributed by atoms with Gasteiger partial charge in [0.15, 0.2) is 0 Å². The average Bonchev–Trinajstić information content (AvgIpc) is 3.41. The summed E-state index contributed by atoms with van der Waals surface area (Å²) in [6.07, 6.45) is 5.49. The van der Waals surface area contributed by atoms with Crippen LogP contribution in [0.1, 0.15) is 24.5 Å². The van der Waals surface area contributed by atoms with Gasteiger partial charge >= 0.3 is 0 Å². The molecule has 1 saturated heterocycles. The number of hydrogen-bond acceptors (Lipinski definition) is 3. The molecule has 0 radical (unpaired) electrons. The Kier molecular flexibility index (Phi) is 3.43. The van der Waals surface area contributed by atoms with Crippen LogP contribution in [-0.4, -0.2) is 29.3 Å². The molecule has 0 aromatic heterocycles. The van der Waals surface area contributed by atoms with Crippen molar-refractivity contribution in [2.75, 3.05) is 11.6 Å². The first-order valence-corrected chi connectivity index (χ1v) is 9.77. The Bertz CT molecular complexity index is 869. The molecule has 0 unspecified atom stereocenters. The number of nitrogens with zero attached hydrogens (tertiary/aromatic N) is 2. The van der Waals surface area contributed by atoms with E-state index in [1.807, 2.05) is 32.0 Å². The smallest absolute Gasteiger partial charge is 0.235 e. The summed E-state index contributed by atoms with van der Waals surface area (Å²) in [5.74, 6) is 0.794. The number of rotatable bonds is 3. The second-order valence-electron chi connectivity index (χ2n) is 8.62. The Labute approximate surface area is 159 Å². The molecule has 2 bridgehead atoms. The van der Waals surface area contributed by atoms with E-state index in [0.29, 0.717) is 11.8 Å². The van der Waals surface area contributed by atoms with E-state index in [-0.39, 0.29) is 48.1 Å². The molecular weight excluding hydrogens is 340 g/mol. The van der Waals surface area contributed by atoms with E-state index in [4.69, 9.17) is 0 Å². The number of carbonyl (C=O) groups excluding carboxylic acids is 3. The number of amides is 3. The maximum Gasteiger partial charge on any atom is 0.235 e. The van der Waals surface area contributed by atoms with Crippen LogP contribution < -0.4 is 4.90 Å². The van der Waals surface area contributed by atoms with Crippen molar-refractivity contribution in [1.82, 2.24) is 4.90 Å². The van der Waals surface area contributed by atoms with E-state index >= 15 is 0 Å². The normalized spacial score (nSPS) is 35.3. The highest BCUT2D eigenvalue weighted by atomic mass is 16.2. The van der Waals surface area contributed by atoms with Crippen LogP contribution in [0.15, 0.2) is 30.4 Å². The van der Waals surface area contributed by atoms with Crippen LogP contribution in [0.5, 0.6) is 0 Å². The molecule has 1 aromatic carbocycles. The van der Waals surface area contributed by atoms with Gasteiger partial charge < -0.3 is 0 Å². The number of likely N-dealkylation sites (tertiary alicyclic amines) is 1. The Hall–Kier alpha value is -2.43. The number of aryl methyl sites for hydroxylation is 2. The second-order valence-corrected chi connectivity index (χ2v) is 8.62. The molecule has 1 aliphatic heterocycles. The lowest BCUT2D eigenvalue weighted by Gasteiger charge is -2.37. The van der Waals surface area contributed by atoms with Crippen molar-refractivity contribution in [3.63, 3.8) is 0 Å². The molecule has 6 rings (SSSR count). The summed E-state index contributed by atoms with van der Waals surface area (Å²) in [5, 5.41) is 0. The zero-order chi connectivity index (χ0) is 19.0. The summed E-state index contributed by atoms with van der Waals surface area (Å²) in [6.45, 7) is 5.50. The zero-order valence-electron chi connectivity index (χ0n) is 15.9. The molecule has 0 N–H and O–H groups in total. The summed E-state index contributed by atoms with van der Waals surface area (Å²) < 4.78 is 0. The first-order valence-electron chi connectivity index (χ1n) is 9.77. The molecule has 27 heavy (non-hydrogen) atoms. The van der Waals surface area contributed by atoms with Crippen LogP contribution in [-0.2, 0) is 14.4 Å². The zero-order valence-corrected chi connectivity index (χ0v) is 15.9. The summed E-state index contributed by atoms with van der Waals surface area (Å²) in [5.41, 5.74) is 2.95. The highest BCUT2D eigenvalue weighted by Gasteiger charge is 2.67. The van der Waals surface area contributed by atoms with E-state index in [1.165, 1.54) is 16.7 Å². The lowest BCUT2D eigenvalue weighted by molar-refractivity contribution is -0.140. The fourth-order valence-electron chi connectivity index (χ4n) is 5.56. The van der Waals surface area contributed by atoms with Crippen molar-refractivity contribution in [3.8, 4) is 0 Å². The van der Waals surface area contributed by atoms with Gasteiger partial charge in [-0.05, 0) is 67.2 Å². The first-order chi connectivity index (χ1) is 12.9. The van der Waals surface area contributed by atoms with Gasteiger partial charge in [-0.3, -0.25) is 24.2 Å². The standard InChI is InChI=1S/C22H24N2O3/c1-11-4-5-14(8-12(11)2)23(13(3)25)10-24-21(26)19-15-6-7-16(18-9-17(15)18)20(19)22(24)27/h4-8,15-20H,9-10H2,1-3H3/t15-,16-,17-,18-,19-,20+/m0/s1. The van der Waals surface area contributed by atoms with Gasteiger partial charge in [0.1, 0.15) is 6.67 Å². The van der Waals surface area contributed by atoms with Crippen molar-refractivity contribution >= 4 is 23.4 Å². The van der Waals surface area contributed by atoms with Crippen LogP contribution in [0.25, 0.3) is 0 Å². The number of carbonyl (C=O) groups is 3. The van der Waals surface area contributed by atoms with E-state index in [9.17, 15) is 14.4 Å². The molecule has 5 heteroatoms. The number of imide groups is 1. The lowest BCUT2D eigenvalue weighted by atomic mass is 9.63. The number of anilines is 1. The first kappa shape index (κ1) is 16.7. The molecule has 1 aromatic rings. The lowest BCUT2D eigenvalue weighted by Crippen LogP contribution is -2.44. The summed E-state index contributed by atoms with van der Waals surface area (Å²) >= 11 is 0. The topological polar surface area (TPSA) is 57.7 Å². The molecule has 0 spiro atoms. The SMILES string of the molecule is CC(=O)N(CN1C(=O)[C@@H]2[C@H]3C=C[C@@H]([C@@H]4C[C@@H]34)[C@@H]2C1=O)c1ccc(C)c(C)c1. The van der Waals surface area contributed by atoms with Gasteiger partial charge in [-0.2, -0.15) is 0 Å². The molecule has 1 heterocycles. The van der Waals surface area contributed by atoms with Crippen LogP contribution in [0.3, 0.4) is 0 Å². The minimum Gasteiger partial charge on any atom is -0.294 e. The predicted molar refractivity (Wildman–Crippen MR) is 100 cm³/mol. The Morgan fingerprint density at radius 3 is 2.15 bits per heavy atom. The van der Waals surface area contributed by atoms with Gasteiger partial charge in [0.2, 0.25) is 17.7 Å². The molecule has 3 amide bonds. The van der Waals surface area contributed by atoms with Gasteiger partial charge in [-0.25, -0.2) is 0 Å². The molecule has 3 fully saturated rings. The van der Waals surface area contributed by atoms with Crippen molar-refractivity contribution in [2.45, 2.75) is 27.2 Å². The molecule has 4 aliphatic carbocycles. The van der Waals surface area contributed by atoms with Crippen molar-refractivity contribution in [2.24, 2.45) is 35.5 Å². The molecule has 2 saturated carbocycles. The molecule has 5 nitrogen and oxygen atoms in total. The third-order valence-corrected chi connectivity index (χ3v) is 7.22. The van der Waals surface area contributed by atoms with Gasteiger partial charge in [-0.15, -0.1) is 0 Å². The largest absolute Gasteiger partial charge is 0.294 e. The predicted octanol–water partition coefficient (Wildman–Crippen LogP) is 2.67. The third-order valence-electron chi connectivity index (χ3n) is 7.22. The average molecular weight is 364 g/mol. The number of hydrogen-bond donors (Lipinski definition) is 0. The minimum absolute atomic E-state index is 0.0112. The van der Waals surface area contributed by atoms with Gasteiger partial charge in [0, 0.05) is 12.6 Å². The molecule has 5 aliphatic rings. The molecular formula is C22H24N2O3. The maximum absolute atomic E-state index is 13.1. The Balaban J connectivity index is 1.44. The fraction of sp³-hybridized carbons (Fsp3) is 0.500. The molecule has 140 valence electrons. The fourth-order valence-corrected chi connectivity index (χ4v) is 5.56. The van der Waals surface area contributed by atoms with Gasteiger partial charge in [0.05, 0.1) is 11.8 Å². The maximum atomic E-state index is 13.1. The highest BCUT2D eigenvalue weighted by Crippen LogP contribution is 2.65. The van der Waals surface area contributed by atoms with Gasteiger partial charge in [-0.1, -0.05) is 18.2 Å². The number of benzene rings is 1. The van der Waals surface area contributed by atoms with Crippen molar-refractivity contribution in [3.05, 3.63) is 41.5 Å². The Morgan fingerprint density at radius 2 is 1.63 bits per heavy atom. The molecule has 6 atom stereocenters.